The molecule has 1 heterocycles. The average molecular weight is 505 g/mol. The summed E-state index contributed by atoms with van der Waals surface area (Å²) in [5.74, 6) is -0.651. The summed E-state index contributed by atoms with van der Waals surface area (Å²) in [5, 5.41) is 9.78. The molecule has 0 saturated heterocycles. The number of ether oxygens (including phenoxy) is 1. The van der Waals surface area contributed by atoms with Crippen LogP contribution in [-0.4, -0.2) is 30.5 Å². The number of benzene rings is 3. The second kappa shape index (κ2) is 9.07. The summed E-state index contributed by atoms with van der Waals surface area (Å²) in [4.78, 5) is 14.3. The second-order valence-electron chi connectivity index (χ2n) is 7.32. The molecule has 0 amide bonds. The number of hydrogen-bond donors (Lipinski definition) is 3. The molecule has 0 unspecified atom stereocenters. The molecule has 170 valence electrons. The van der Waals surface area contributed by atoms with Gasteiger partial charge in [0.25, 0.3) is 0 Å². The Bertz CT molecular complexity index is 1430. The Morgan fingerprint density at radius 1 is 1.06 bits per heavy atom. The maximum atomic E-state index is 13.1. The highest BCUT2D eigenvalue weighted by Gasteiger charge is 2.22. The van der Waals surface area contributed by atoms with E-state index >= 15 is 0 Å². The molecule has 10 heteroatoms. The highest BCUT2D eigenvalue weighted by atomic mass is 35.5. The quantitative estimate of drug-likeness (QED) is 0.323. The minimum atomic E-state index is -3.75. The molecule has 0 fully saturated rings. The van der Waals surface area contributed by atoms with Crippen molar-refractivity contribution in [1.29, 1.82) is 0 Å². The number of sulfone groups is 1. The zero-order valence-corrected chi connectivity index (χ0v) is 19.3. The zero-order valence-electron chi connectivity index (χ0n) is 17.0. The molecule has 4 rings (SSSR count). The molecular formula is C23H18Cl2N2O5S. The van der Waals surface area contributed by atoms with Crippen molar-refractivity contribution < 1.29 is 23.1 Å². The van der Waals surface area contributed by atoms with Gasteiger partial charge >= 0.3 is 5.97 Å². The third kappa shape index (κ3) is 4.69. The van der Waals surface area contributed by atoms with Crippen molar-refractivity contribution in [3.05, 3.63) is 82.5 Å². The number of halogens is 2. The van der Waals surface area contributed by atoms with Crippen LogP contribution in [0.3, 0.4) is 0 Å². The Hall–Kier alpha value is -3.04. The van der Waals surface area contributed by atoms with Gasteiger partial charge in [-0.1, -0.05) is 41.4 Å². The van der Waals surface area contributed by atoms with E-state index in [2.05, 4.69) is 4.98 Å². The van der Waals surface area contributed by atoms with Crippen LogP contribution in [0, 0.1) is 0 Å². The first-order chi connectivity index (χ1) is 15.7. The van der Waals surface area contributed by atoms with Gasteiger partial charge in [-0.15, -0.1) is 0 Å². The predicted molar refractivity (Wildman–Crippen MR) is 126 cm³/mol. The zero-order chi connectivity index (χ0) is 23.8. The summed E-state index contributed by atoms with van der Waals surface area (Å²) in [6.45, 7) is 0. The lowest BCUT2D eigenvalue weighted by atomic mass is 10.1. The van der Waals surface area contributed by atoms with Gasteiger partial charge in [0.2, 0.25) is 9.84 Å². The molecule has 1 atom stereocenters. The van der Waals surface area contributed by atoms with Gasteiger partial charge in [0.15, 0.2) is 5.75 Å². The Balaban J connectivity index is 1.68. The molecule has 0 bridgehead atoms. The van der Waals surface area contributed by atoms with Crippen LogP contribution in [0.5, 0.6) is 11.5 Å². The highest BCUT2D eigenvalue weighted by molar-refractivity contribution is 7.91. The normalized spacial score (nSPS) is 12.6. The molecule has 0 aliphatic carbocycles. The van der Waals surface area contributed by atoms with Crippen molar-refractivity contribution >= 4 is 49.9 Å². The molecule has 4 aromatic rings. The highest BCUT2D eigenvalue weighted by Crippen LogP contribution is 2.39. The van der Waals surface area contributed by atoms with Crippen LogP contribution in [0.25, 0.3) is 10.9 Å². The van der Waals surface area contributed by atoms with Crippen molar-refractivity contribution in [3.8, 4) is 11.5 Å². The Morgan fingerprint density at radius 2 is 1.73 bits per heavy atom. The van der Waals surface area contributed by atoms with Crippen molar-refractivity contribution in [2.24, 2.45) is 5.73 Å². The summed E-state index contributed by atoms with van der Waals surface area (Å²) in [6, 6.07) is 15.0. The van der Waals surface area contributed by atoms with E-state index in [0.717, 1.165) is 0 Å². The number of carbonyl (C=O) groups is 1. The SMILES string of the molecule is N[C@H](Cc1cc(Cl)c(Oc2ccc3[nH]cc(S(=O)(=O)c4ccccc4)c3c2)c(Cl)c1)C(=O)O. The van der Waals surface area contributed by atoms with E-state index in [1.165, 1.54) is 30.5 Å². The van der Waals surface area contributed by atoms with E-state index in [1.54, 1.807) is 36.4 Å². The second-order valence-corrected chi connectivity index (χ2v) is 10.0. The number of hydrogen-bond acceptors (Lipinski definition) is 5. The van der Waals surface area contributed by atoms with E-state index in [4.69, 9.17) is 38.8 Å². The number of rotatable bonds is 7. The summed E-state index contributed by atoms with van der Waals surface area (Å²) in [7, 11) is -3.75. The monoisotopic (exact) mass is 504 g/mol. The Morgan fingerprint density at radius 3 is 2.36 bits per heavy atom. The van der Waals surface area contributed by atoms with Gasteiger partial charge in [0.1, 0.15) is 11.8 Å². The van der Waals surface area contributed by atoms with E-state index in [0.29, 0.717) is 22.2 Å². The molecule has 0 radical (unpaired) electrons. The summed E-state index contributed by atoms with van der Waals surface area (Å²) in [5.41, 5.74) is 6.74. The van der Waals surface area contributed by atoms with Gasteiger partial charge in [-0.05, 0) is 54.4 Å². The summed E-state index contributed by atoms with van der Waals surface area (Å²) < 4.78 is 32.1. The van der Waals surface area contributed by atoms with Gasteiger partial charge in [0, 0.05) is 17.1 Å². The number of aromatic nitrogens is 1. The Kier molecular flexibility index (Phi) is 6.36. The number of carboxylic acids is 1. The molecule has 4 N–H and O–H groups in total. The first-order valence-corrected chi connectivity index (χ1v) is 12.0. The minimum Gasteiger partial charge on any atom is -0.480 e. The lowest BCUT2D eigenvalue weighted by Crippen LogP contribution is -2.32. The summed E-state index contributed by atoms with van der Waals surface area (Å²) in [6.07, 6.45) is 1.49. The van der Waals surface area contributed by atoms with Crippen LogP contribution in [0.2, 0.25) is 10.0 Å². The number of aromatic amines is 1. The molecule has 0 saturated carbocycles. The number of nitrogens with two attached hydrogens (primary N) is 1. The molecule has 1 aromatic heterocycles. The van der Waals surface area contributed by atoms with Gasteiger partial charge in [-0.25, -0.2) is 8.42 Å². The molecule has 3 aromatic carbocycles. The van der Waals surface area contributed by atoms with E-state index in [-0.39, 0.29) is 32.0 Å². The molecule has 0 aliphatic heterocycles. The van der Waals surface area contributed by atoms with Gasteiger partial charge in [-0.3, -0.25) is 4.79 Å². The van der Waals surface area contributed by atoms with Crippen LogP contribution in [0.4, 0.5) is 0 Å². The molecular weight excluding hydrogens is 487 g/mol. The number of carboxylic acid groups (broad SMARTS) is 1. The number of aliphatic carboxylic acids is 1. The topological polar surface area (TPSA) is 122 Å². The van der Waals surface area contributed by atoms with Gasteiger partial charge < -0.3 is 20.6 Å². The maximum absolute atomic E-state index is 13.1. The largest absolute Gasteiger partial charge is 0.480 e. The van der Waals surface area contributed by atoms with Gasteiger partial charge in [0.05, 0.1) is 19.8 Å². The fourth-order valence-electron chi connectivity index (χ4n) is 3.37. The third-order valence-corrected chi connectivity index (χ3v) is 7.38. The first-order valence-electron chi connectivity index (χ1n) is 9.72. The van der Waals surface area contributed by atoms with Crippen LogP contribution < -0.4 is 10.5 Å². The van der Waals surface area contributed by atoms with Gasteiger partial charge in [-0.2, -0.15) is 0 Å². The van der Waals surface area contributed by atoms with E-state index in [1.807, 2.05) is 0 Å². The van der Waals surface area contributed by atoms with E-state index < -0.39 is 21.8 Å². The lowest BCUT2D eigenvalue weighted by molar-refractivity contribution is -0.138. The third-order valence-electron chi connectivity index (χ3n) is 5.01. The average Bonchev–Trinajstić information content (AvgIpc) is 3.21. The minimum absolute atomic E-state index is 0.0467. The predicted octanol–water partition coefficient (Wildman–Crippen LogP) is 5.05. The fourth-order valence-corrected chi connectivity index (χ4v) is 5.42. The maximum Gasteiger partial charge on any atom is 0.320 e. The number of fused-ring (bicyclic) bond motifs is 1. The Labute approximate surface area is 199 Å². The number of nitrogens with one attached hydrogen (secondary N) is 1. The first kappa shape index (κ1) is 23.1. The van der Waals surface area contributed by atoms with Crippen LogP contribution in [0.15, 0.2) is 76.7 Å². The van der Waals surface area contributed by atoms with Crippen molar-refractivity contribution in [2.45, 2.75) is 22.3 Å². The molecule has 33 heavy (non-hydrogen) atoms. The number of H-pyrrole nitrogens is 1. The van der Waals surface area contributed by atoms with Crippen LogP contribution >= 0.6 is 23.2 Å². The summed E-state index contributed by atoms with van der Waals surface area (Å²) >= 11 is 12.7. The molecule has 0 spiro atoms. The standard InChI is InChI=1S/C23H18Cl2N2O5S/c24-17-8-13(10-19(26)23(28)29)9-18(25)22(17)32-14-6-7-20-16(11-14)21(12-27-20)33(30,31)15-4-2-1-3-5-15/h1-9,11-12,19,27H,10,26H2,(H,28,29)/t19-/m1/s1. The lowest BCUT2D eigenvalue weighted by Gasteiger charge is -2.13. The van der Waals surface area contributed by atoms with Crippen molar-refractivity contribution in [1.82, 2.24) is 4.98 Å². The molecule has 7 nitrogen and oxygen atoms in total. The van der Waals surface area contributed by atoms with Crippen molar-refractivity contribution in [2.75, 3.05) is 0 Å². The van der Waals surface area contributed by atoms with Crippen LogP contribution in [0.1, 0.15) is 5.56 Å². The van der Waals surface area contributed by atoms with Crippen molar-refractivity contribution in [3.63, 3.8) is 0 Å². The fraction of sp³-hybridized carbons (Fsp3) is 0.0870. The smallest absolute Gasteiger partial charge is 0.320 e. The molecule has 0 aliphatic rings. The van der Waals surface area contributed by atoms with E-state index in [9.17, 15) is 13.2 Å². The van der Waals surface area contributed by atoms with Crippen LogP contribution in [-0.2, 0) is 21.1 Å².